The van der Waals surface area contributed by atoms with Gasteiger partial charge in [-0.25, -0.2) is 4.39 Å². The van der Waals surface area contributed by atoms with Crippen LogP contribution < -0.4 is 16.2 Å². The standard InChI is InChI=1S/C9H11FN2O/c10-6-3-5-7(11)1-2-13-9(5)4-8(6)12/h3-4,7H,1-2,11-12H2/t7-/m0/s1. The zero-order chi connectivity index (χ0) is 9.42. The van der Waals surface area contributed by atoms with Crippen LogP contribution in [0.5, 0.6) is 5.75 Å². The van der Waals surface area contributed by atoms with Crippen LogP contribution in [-0.4, -0.2) is 6.61 Å². The monoisotopic (exact) mass is 182 g/mol. The third kappa shape index (κ3) is 1.33. The van der Waals surface area contributed by atoms with Gasteiger partial charge in [0.15, 0.2) is 0 Å². The molecule has 0 radical (unpaired) electrons. The predicted molar refractivity (Wildman–Crippen MR) is 47.9 cm³/mol. The molecular weight excluding hydrogens is 171 g/mol. The molecule has 1 atom stereocenters. The topological polar surface area (TPSA) is 61.3 Å². The van der Waals surface area contributed by atoms with Crippen LogP contribution in [0.1, 0.15) is 18.0 Å². The van der Waals surface area contributed by atoms with Gasteiger partial charge in [0.1, 0.15) is 11.6 Å². The van der Waals surface area contributed by atoms with Crippen molar-refractivity contribution in [3.05, 3.63) is 23.5 Å². The quantitative estimate of drug-likeness (QED) is 0.592. The van der Waals surface area contributed by atoms with E-state index in [2.05, 4.69) is 0 Å². The fourth-order valence-electron chi connectivity index (χ4n) is 1.45. The van der Waals surface area contributed by atoms with Gasteiger partial charge in [0.2, 0.25) is 0 Å². The van der Waals surface area contributed by atoms with Gasteiger partial charge in [0, 0.05) is 24.1 Å². The Morgan fingerprint density at radius 1 is 1.46 bits per heavy atom. The van der Waals surface area contributed by atoms with Crippen LogP contribution in [0, 0.1) is 5.82 Å². The lowest BCUT2D eigenvalue weighted by Gasteiger charge is -2.23. The molecule has 1 aliphatic heterocycles. The van der Waals surface area contributed by atoms with E-state index in [0.717, 1.165) is 6.42 Å². The molecule has 1 heterocycles. The SMILES string of the molecule is Nc1cc2c(cc1F)[C@@H](N)CCO2. The van der Waals surface area contributed by atoms with Crippen molar-refractivity contribution in [3.8, 4) is 5.75 Å². The highest BCUT2D eigenvalue weighted by atomic mass is 19.1. The second-order valence-corrected chi connectivity index (χ2v) is 3.16. The summed E-state index contributed by atoms with van der Waals surface area (Å²) in [7, 11) is 0. The molecule has 0 fully saturated rings. The van der Waals surface area contributed by atoms with Crippen LogP contribution in [0.4, 0.5) is 10.1 Å². The van der Waals surface area contributed by atoms with E-state index in [-0.39, 0.29) is 11.7 Å². The minimum absolute atomic E-state index is 0.104. The van der Waals surface area contributed by atoms with Crippen LogP contribution in [0.15, 0.2) is 12.1 Å². The smallest absolute Gasteiger partial charge is 0.146 e. The lowest BCUT2D eigenvalue weighted by atomic mass is 10.0. The number of fused-ring (bicyclic) bond motifs is 1. The average molecular weight is 182 g/mol. The summed E-state index contributed by atoms with van der Waals surface area (Å²) in [5.41, 5.74) is 12.0. The van der Waals surface area contributed by atoms with E-state index in [1.165, 1.54) is 12.1 Å². The van der Waals surface area contributed by atoms with Crippen LogP contribution in [0.25, 0.3) is 0 Å². The zero-order valence-electron chi connectivity index (χ0n) is 7.09. The van der Waals surface area contributed by atoms with Crippen molar-refractivity contribution in [2.75, 3.05) is 12.3 Å². The molecule has 0 aliphatic carbocycles. The molecule has 1 aromatic rings. The fourth-order valence-corrected chi connectivity index (χ4v) is 1.45. The van der Waals surface area contributed by atoms with E-state index in [9.17, 15) is 4.39 Å². The van der Waals surface area contributed by atoms with Crippen LogP contribution >= 0.6 is 0 Å². The number of anilines is 1. The molecule has 4 heteroatoms. The van der Waals surface area contributed by atoms with E-state index in [4.69, 9.17) is 16.2 Å². The Balaban J connectivity index is 2.52. The Morgan fingerprint density at radius 3 is 3.00 bits per heavy atom. The maximum atomic E-state index is 13.0. The first-order valence-corrected chi connectivity index (χ1v) is 4.16. The summed E-state index contributed by atoms with van der Waals surface area (Å²) in [6, 6.07) is 2.71. The molecule has 0 spiro atoms. The highest BCUT2D eigenvalue weighted by Crippen LogP contribution is 2.33. The summed E-state index contributed by atoms with van der Waals surface area (Å²) < 4.78 is 18.3. The van der Waals surface area contributed by atoms with Crippen molar-refractivity contribution in [1.82, 2.24) is 0 Å². The van der Waals surface area contributed by atoms with Crippen LogP contribution in [0.2, 0.25) is 0 Å². The number of nitrogen functional groups attached to an aromatic ring is 1. The number of ether oxygens (including phenoxy) is 1. The normalized spacial score (nSPS) is 20.6. The first kappa shape index (κ1) is 8.31. The zero-order valence-corrected chi connectivity index (χ0v) is 7.09. The molecule has 2 rings (SSSR count). The predicted octanol–water partition coefficient (Wildman–Crippen LogP) is 1.19. The molecule has 0 aromatic heterocycles. The van der Waals surface area contributed by atoms with Crippen molar-refractivity contribution in [1.29, 1.82) is 0 Å². The summed E-state index contributed by atoms with van der Waals surface area (Å²) in [6.45, 7) is 0.569. The Labute approximate surface area is 75.5 Å². The van der Waals surface area contributed by atoms with Gasteiger partial charge in [-0.05, 0) is 6.07 Å². The second kappa shape index (κ2) is 2.88. The average Bonchev–Trinajstić information content (AvgIpc) is 2.09. The van der Waals surface area contributed by atoms with Crippen molar-refractivity contribution in [3.63, 3.8) is 0 Å². The van der Waals surface area contributed by atoms with E-state index < -0.39 is 5.82 Å². The first-order chi connectivity index (χ1) is 6.18. The van der Waals surface area contributed by atoms with E-state index in [1.54, 1.807) is 0 Å². The third-order valence-corrected chi connectivity index (χ3v) is 2.22. The molecule has 0 unspecified atom stereocenters. The molecule has 0 bridgehead atoms. The Bertz CT molecular complexity index is 341. The number of rotatable bonds is 0. The maximum Gasteiger partial charge on any atom is 0.146 e. The number of halogens is 1. The fraction of sp³-hybridized carbons (Fsp3) is 0.333. The molecular formula is C9H11FN2O. The number of nitrogens with two attached hydrogens (primary N) is 2. The summed E-state index contributed by atoms with van der Waals surface area (Å²) in [5.74, 6) is 0.178. The van der Waals surface area contributed by atoms with Gasteiger partial charge < -0.3 is 16.2 Å². The van der Waals surface area contributed by atoms with Gasteiger partial charge in [-0.3, -0.25) is 0 Å². The third-order valence-electron chi connectivity index (χ3n) is 2.22. The Hall–Kier alpha value is -1.29. The van der Waals surface area contributed by atoms with Crippen LogP contribution in [-0.2, 0) is 0 Å². The molecule has 1 aliphatic rings. The molecule has 0 saturated carbocycles. The number of hydrogen-bond acceptors (Lipinski definition) is 3. The van der Waals surface area contributed by atoms with Crippen molar-refractivity contribution < 1.29 is 9.13 Å². The van der Waals surface area contributed by atoms with Gasteiger partial charge in [-0.1, -0.05) is 0 Å². The molecule has 0 amide bonds. The number of hydrogen-bond donors (Lipinski definition) is 2. The Kier molecular flexibility index (Phi) is 1.84. The molecule has 4 N–H and O–H groups in total. The molecule has 70 valence electrons. The van der Waals surface area contributed by atoms with E-state index in [0.29, 0.717) is 17.9 Å². The van der Waals surface area contributed by atoms with Gasteiger partial charge in [0.05, 0.1) is 12.3 Å². The molecule has 3 nitrogen and oxygen atoms in total. The van der Waals surface area contributed by atoms with E-state index in [1.807, 2.05) is 0 Å². The maximum absolute atomic E-state index is 13.0. The summed E-state index contributed by atoms with van der Waals surface area (Å²) in [4.78, 5) is 0. The minimum Gasteiger partial charge on any atom is -0.493 e. The van der Waals surface area contributed by atoms with Crippen molar-refractivity contribution >= 4 is 5.69 Å². The highest BCUT2D eigenvalue weighted by Gasteiger charge is 2.19. The highest BCUT2D eigenvalue weighted by molar-refractivity contribution is 5.51. The van der Waals surface area contributed by atoms with E-state index >= 15 is 0 Å². The summed E-state index contributed by atoms with van der Waals surface area (Å²) in [6.07, 6.45) is 0.719. The molecule has 1 aromatic carbocycles. The minimum atomic E-state index is -0.431. The lowest BCUT2D eigenvalue weighted by molar-refractivity contribution is 0.268. The lowest BCUT2D eigenvalue weighted by Crippen LogP contribution is -2.21. The largest absolute Gasteiger partial charge is 0.493 e. The van der Waals surface area contributed by atoms with Gasteiger partial charge in [-0.15, -0.1) is 0 Å². The van der Waals surface area contributed by atoms with Crippen molar-refractivity contribution in [2.24, 2.45) is 5.73 Å². The number of benzene rings is 1. The summed E-state index contributed by atoms with van der Waals surface area (Å²) in [5, 5.41) is 0. The van der Waals surface area contributed by atoms with Crippen molar-refractivity contribution in [2.45, 2.75) is 12.5 Å². The Morgan fingerprint density at radius 2 is 2.23 bits per heavy atom. The first-order valence-electron chi connectivity index (χ1n) is 4.16. The second-order valence-electron chi connectivity index (χ2n) is 3.16. The molecule has 13 heavy (non-hydrogen) atoms. The van der Waals surface area contributed by atoms with Gasteiger partial charge >= 0.3 is 0 Å². The molecule has 0 saturated heterocycles. The summed E-state index contributed by atoms with van der Waals surface area (Å²) >= 11 is 0. The van der Waals surface area contributed by atoms with Gasteiger partial charge in [0.25, 0.3) is 0 Å². The van der Waals surface area contributed by atoms with Gasteiger partial charge in [-0.2, -0.15) is 0 Å². The van der Waals surface area contributed by atoms with Crippen LogP contribution in [0.3, 0.4) is 0 Å².